The van der Waals surface area contributed by atoms with Gasteiger partial charge in [-0.2, -0.15) is 4.72 Å². The fraction of sp³-hybridized carbons (Fsp3) is 0.286. The number of benzene rings is 1. The summed E-state index contributed by atoms with van der Waals surface area (Å²) in [7, 11) is -4.10. The van der Waals surface area contributed by atoms with E-state index in [1.807, 2.05) is 4.72 Å². The van der Waals surface area contributed by atoms with Crippen LogP contribution in [-0.2, 0) is 19.6 Å². The van der Waals surface area contributed by atoms with E-state index in [2.05, 4.69) is 11.8 Å². The number of nitrogens with one attached hydrogen (secondary N) is 2. The molecule has 130 valence electrons. The summed E-state index contributed by atoms with van der Waals surface area (Å²) in [5, 5.41) is 8.45. The monoisotopic (exact) mass is 355 g/mol. The molecule has 0 saturated heterocycles. The van der Waals surface area contributed by atoms with Crippen LogP contribution in [0, 0.1) is 11.8 Å². The van der Waals surface area contributed by atoms with Gasteiger partial charge in [0, 0.05) is 0 Å². The van der Waals surface area contributed by atoms with Crippen molar-refractivity contribution in [1.82, 2.24) is 10.2 Å². The molecule has 2 amide bonds. The van der Waals surface area contributed by atoms with Crippen LogP contribution in [0.25, 0.3) is 0 Å². The van der Waals surface area contributed by atoms with Crippen molar-refractivity contribution >= 4 is 21.8 Å². The molecule has 0 radical (unpaired) electrons. The van der Waals surface area contributed by atoms with Crippen LogP contribution in [0.3, 0.4) is 0 Å². The number of carbonyl (C=O) groups is 2. The number of amides is 2. The van der Waals surface area contributed by atoms with Crippen molar-refractivity contribution in [1.29, 1.82) is 0 Å². The lowest BCUT2D eigenvalue weighted by Crippen LogP contribution is -2.46. The zero-order valence-electron chi connectivity index (χ0n) is 12.8. The summed E-state index contributed by atoms with van der Waals surface area (Å²) < 4.78 is 31.7. The highest BCUT2D eigenvalue weighted by molar-refractivity contribution is 7.89. The Hall–Kier alpha value is -2.61. The van der Waals surface area contributed by atoms with E-state index in [0.29, 0.717) is 5.75 Å². The van der Waals surface area contributed by atoms with Gasteiger partial charge in [0.1, 0.15) is 18.4 Å². The number of hydroxylamine groups is 1. The molecule has 0 aliphatic carbocycles. The Morgan fingerprint density at radius 2 is 1.96 bits per heavy atom. The first-order valence-electron chi connectivity index (χ1n) is 6.67. The van der Waals surface area contributed by atoms with Crippen molar-refractivity contribution in [3.05, 3.63) is 24.3 Å². The summed E-state index contributed by atoms with van der Waals surface area (Å²) in [6.45, 7) is 1.83. The van der Waals surface area contributed by atoms with Crippen LogP contribution in [-0.4, -0.2) is 38.1 Å². The Morgan fingerprint density at radius 1 is 1.33 bits per heavy atom. The van der Waals surface area contributed by atoms with Crippen LogP contribution in [0.5, 0.6) is 5.75 Å². The largest absolute Gasteiger partial charge is 0.481 e. The molecule has 0 saturated carbocycles. The normalized spacial score (nSPS) is 11.8. The third-order valence-electron chi connectivity index (χ3n) is 2.78. The zero-order chi connectivity index (χ0) is 18.2. The molecule has 1 rings (SSSR count). The lowest BCUT2D eigenvalue weighted by atomic mass is 10.2. The SMILES string of the molecule is CC#CCOc1ccc(S(=O)(=O)NC(CC(=O)NO)C(N)=O)cc1. The van der Waals surface area contributed by atoms with Crippen molar-refractivity contribution in [2.45, 2.75) is 24.3 Å². The molecule has 0 fully saturated rings. The molecule has 1 aromatic rings. The number of primary amides is 1. The number of hydrogen-bond donors (Lipinski definition) is 4. The van der Waals surface area contributed by atoms with E-state index >= 15 is 0 Å². The average Bonchev–Trinajstić information content (AvgIpc) is 2.54. The Morgan fingerprint density at radius 3 is 2.46 bits per heavy atom. The second kappa shape index (κ2) is 8.88. The van der Waals surface area contributed by atoms with Crippen LogP contribution in [0.1, 0.15) is 13.3 Å². The Balaban J connectivity index is 2.87. The van der Waals surface area contributed by atoms with Gasteiger partial charge in [0.2, 0.25) is 21.8 Å². The second-order valence-corrected chi connectivity index (χ2v) is 6.22. The molecule has 24 heavy (non-hydrogen) atoms. The first-order chi connectivity index (χ1) is 11.3. The van der Waals surface area contributed by atoms with Crippen LogP contribution in [0.2, 0.25) is 0 Å². The maximum Gasteiger partial charge on any atom is 0.245 e. The highest BCUT2D eigenvalue weighted by Gasteiger charge is 2.26. The molecule has 1 unspecified atom stereocenters. The maximum atomic E-state index is 12.2. The van der Waals surface area contributed by atoms with Crippen molar-refractivity contribution < 1.29 is 28.0 Å². The third-order valence-corrected chi connectivity index (χ3v) is 4.26. The lowest BCUT2D eigenvalue weighted by molar-refractivity contribution is -0.132. The van der Waals surface area contributed by atoms with E-state index in [1.54, 1.807) is 6.92 Å². The Labute approximate surface area is 139 Å². The van der Waals surface area contributed by atoms with E-state index in [4.69, 9.17) is 15.7 Å². The highest BCUT2D eigenvalue weighted by Crippen LogP contribution is 2.16. The van der Waals surface area contributed by atoms with Gasteiger partial charge in [0.25, 0.3) is 0 Å². The van der Waals surface area contributed by atoms with Gasteiger partial charge >= 0.3 is 0 Å². The first kappa shape index (κ1) is 19.4. The molecule has 0 heterocycles. The number of rotatable bonds is 8. The van der Waals surface area contributed by atoms with E-state index in [-0.39, 0.29) is 11.5 Å². The highest BCUT2D eigenvalue weighted by atomic mass is 32.2. The summed E-state index contributed by atoms with van der Waals surface area (Å²) in [5.41, 5.74) is 6.36. The summed E-state index contributed by atoms with van der Waals surface area (Å²) in [5.74, 6) is 3.75. The summed E-state index contributed by atoms with van der Waals surface area (Å²) >= 11 is 0. The topological polar surface area (TPSA) is 148 Å². The molecule has 0 aromatic heterocycles. The van der Waals surface area contributed by atoms with Gasteiger partial charge in [-0.25, -0.2) is 13.9 Å². The van der Waals surface area contributed by atoms with Gasteiger partial charge in [-0.15, -0.1) is 5.92 Å². The maximum absolute atomic E-state index is 12.2. The van der Waals surface area contributed by atoms with Gasteiger partial charge in [-0.1, -0.05) is 5.92 Å². The third kappa shape index (κ3) is 5.88. The van der Waals surface area contributed by atoms with E-state index in [1.165, 1.54) is 29.7 Å². The molecule has 0 spiro atoms. The van der Waals surface area contributed by atoms with Crippen molar-refractivity contribution in [2.75, 3.05) is 6.61 Å². The predicted octanol–water partition coefficient (Wildman–Crippen LogP) is -0.884. The molecule has 1 aromatic carbocycles. The minimum Gasteiger partial charge on any atom is -0.481 e. The van der Waals surface area contributed by atoms with Crippen LogP contribution in [0.15, 0.2) is 29.2 Å². The zero-order valence-corrected chi connectivity index (χ0v) is 13.6. The average molecular weight is 355 g/mol. The number of hydrogen-bond acceptors (Lipinski definition) is 6. The molecule has 1 atom stereocenters. The standard InChI is InChI=1S/C14H17N3O6S/c1-2-3-8-23-10-4-6-11(7-5-10)24(21,22)17-12(14(15)19)9-13(18)16-20/h4-7,12,17,20H,8-9H2,1H3,(H2,15,19)(H,16,18). The number of ether oxygens (including phenoxy) is 1. The van der Waals surface area contributed by atoms with Crippen molar-refractivity contribution in [3.8, 4) is 17.6 Å². The van der Waals surface area contributed by atoms with E-state index < -0.39 is 34.3 Å². The molecular formula is C14H17N3O6S. The molecule has 9 nitrogen and oxygen atoms in total. The van der Waals surface area contributed by atoms with Crippen LogP contribution >= 0.6 is 0 Å². The molecule has 0 bridgehead atoms. The fourth-order valence-electron chi connectivity index (χ4n) is 1.59. The Bertz CT molecular complexity index is 749. The first-order valence-corrected chi connectivity index (χ1v) is 8.15. The lowest BCUT2D eigenvalue weighted by Gasteiger charge is -2.15. The predicted molar refractivity (Wildman–Crippen MR) is 83.2 cm³/mol. The molecule has 5 N–H and O–H groups in total. The van der Waals surface area contributed by atoms with Gasteiger partial charge in [-0.05, 0) is 31.2 Å². The smallest absolute Gasteiger partial charge is 0.245 e. The van der Waals surface area contributed by atoms with Crippen LogP contribution < -0.4 is 20.7 Å². The minimum absolute atomic E-state index is 0.146. The number of sulfonamides is 1. The minimum atomic E-state index is -4.10. The Kier molecular flexibility index (Phi) is 7.19. The quantitative estimate of drug-likeness (QED) is 0.270. The van der Waals surface area contributed by atoms with Crippen molar-refractivity contribution in [2.24, 2.45) is 5.73 Å². The summed E-state index contributed by atoms with van der Waals surface area (Å²) in [6.07, 6.45) is -0.637. The van der Waals surface area contributed by atoms with Gasteiger partial charge in [-0.3, -0.25) is 14.8 Å². The van der Waals surface area contributed by atoms with Crippen molar-refractivity contribution in [3.63, 3.8) is 0 Å². The van der Waals surface area contributed by atoms with Gasteiger partial charge in [0.05, 0.1) is 11.3 Å². The molecular weight excluding hydrogens is 338 g/mol. The van der Waals surface area contributed by atoms with E-state index in [9.17, 15) is 18.0 Å². The van der Waals surface area contributed by atoms with Gasteiger partial charge < -0.3 is 10.5 Å². The summed E-state index contributed by atoms with van der Waals surface area (Å²) in [4.78, 5) is 22.2. The van der Waals surface area contributed by atoms with Crippen LogP contribution in [0.4, 0.5) is 0 Å². The number of nitrogens with two attached hydrogens (primary N) is 1. The fourth-order valence-corrected chi connectivity index (χ4v) is 2.80. The van der Waals surface area contributed by atoms with E-state index in [0.717, 1.165) is 0 Å². The molecule has 0 aliphatic rings. The van der Waals surface area contributed by atoms with Gasteiger partial charge in [0.15, 0.2) is 0 Å². The second-order valence-electron chi connectivity index (χ2n) is 4.50. The summed E-state index contributed by atoms with van der Waals surface area (Å²) in [6, 6.07) is 3.87. The molecule has 0 aliphatic heterocycles. The number of carbonyl (C=O) groups excluding carboxylic acids is 2. The molecule has 10 heteroatoms.